The van der Waals surface area contributed by atoms with Crippen LogP contribution in [0.15, 0.2) is 30.3 Å². The van der Waals surface area contributed by atoms with E-state index >= 15 is 4.79 Å². The predicted octanol–water partition coefficient (Wildman–Crippen LogP) is -0.337. The number of aliphatic carboxylic acids is 1. The number of aliphatic hydroxyl groups excluding tert-OH is 1. The molecule has 0 spiro atoms. The SMILES string of the molecule is CC(C)[C@H](NC(=O)[C@](C(=O)C(N)(Cc1ccccc1)C(=O)[C@H](C)NC(=O)[C@H](C)NC(=O)[C@@H](N)CO)(C(C)C)N(C)C(=O)C1CCCC1)C(=O)O. The third-order valence-corrected chi connectivity index (χ3v) is 9.52. The lowest BCUT2D eigenvalue weighted by Gasteiger charge is -2.47. The number of nitrogens with one attached hydrogen (secondary N) is 3. The third kappa shape index (κ3) is 9.11. The van der Waals surface area contributed by atoms with Gasteiger partial charge in [-0.2, -0.15) is 0 Å². The van der Waals surface area contributed by atoms with Crippen LogP contribution in [0.25, 0.3) is 0 Å². The van der Waals surface area contributed by atoms with Crippen LogP contribution in [0.4, 0.5) is 0 Å². The normalized spacial score (nSPS) is 18.2. The van der Waals surface area contributed by atoms with Crippen LogP contribution in [-0.4, -0.2) is 105 Å². The van der Waals surface area contributed by atoms with E-state index in [9.17, 15) is 33.9 Å². The molecule has 1 aliphatic rings. The quantitative estimate of drug-likeness (QED) is 0.0975. The van der Waals surface area contributed by atoms with E-state index in [4.69, 9.17) is 16.6 Å². The molecule has 15 nitrogen and oxygen atoms in total. The van der Waals surface area contributed by atoms with E-state index in [1.54, 1.807) is 44.2 Å². The van der Waals surface area contributed by atoms with Gasteiger partial charge >= 0.3 is 5.97 Å². The van der Waals surface area contributed by atoms with Gasteiger partial charge in [-0.3, -0.25) is 28.8 Å². The van der Waals surface area contributed by atoms with Crippen LogP contribution in [0.3, 0.4) is 0 Å². The summed E-state index contributed by atoms with van der Waals surface area (Å²) in [6, 6.07) is 2.86. The maximum atomic E-state index is 15.3. The van der Waals surface area contributed by atoms with Gasteiger partial charge in [0.2, 0.25) is 17.7 Å². The van der Waals surface area contributed by atoms with Gasteiger partial charge in [-0.25, -0.2) is 4.79 Å². The second-order valence-electron chi connectivity index (χ2n) is 13.9. The summed E-state index contributed by atoms with van der Waals surface area (Å²) in [4.78, 5) is 96.9. The van der Waals surface area contributed by atoms with Crippen LogP contribution in [0.1, 0.15) is 72.8 Å². The Morgan fingerprint density at radius 1 is 0.880 bits per heavy atom. The van der Waals surface area contributed by atoms with Gasteiger partial charge in [0.25, 0.3) is 5.91 Å². The number of ketones is 2. The number of carboxylic acids is 1. The first-order valence-electron chi connectivity index (χ1n) is 17.0. The van der Waals surface area contributed by atoms with E-state index in [-0.39, 0.29) is 0 Å². The van der Waals surface area contributed by atoms with Gasteiger partial charge in [0, 0.05) is 19.4 Å². The number of carbonyl (C=O) groups excluding carboxylic acids is 6. The number of likely N-dealkylation sites (N-methyl/N-ethyl adjacent to an activating group) is 1. The summed E-state index contributed by atoms with van der Waals surface area (Å²) in [6.07, 6.45) is 2.14. The fraction of sp³-hybridized carbons (Fsp3) is 0.629. The van der Waals surface area contributed by atoms with Gasteiger partial charge < -0.3 is 42.5 Å². The molecule has 1 saturated carbocycles. The van der Waals surface area contributed by atoms with E-state index in [1.165, 1.54) is 34.7 Å². The summed E-state index contributed by atoms with van der Waals surface area (Å²) in [7, 11) is 1.29. The number of benzene rings is 1. The maximum Gasteiger partial charge on any atom is 0.326 e. The summed E-state index contributed by atoms with van der Waals surface area (Å²) >= 11 is 0. The fourth-order valence-electron chi connectivity index (χ4n) is 6.50. The molecular formula is C35H54N6O9. The fourth-order valence-corrected chi connectivity index (χ4v) is 6.50. The number of carbonyl (C=O) groups is 7. The molecule has 50 heavy (non-hydrogen) atoms. The van der Waals surface area contributed by atoms with E-state index in [2.05, 4.69) is 16.0 Å². The minimum absolute atomic E-state index is 0.433. The highest BCUT2D eigenvalue weighted by molar-refractivity contribution is 6.25. The molecule has 1 aromatic carbocycles. The molecule has 0 aromatic heterocycles. The molecule has 1 aliphatic carbocycles. The first-order chi connectivity index (χ1) is 23.3. The van der Waals surface area contributed by atoms with Crippen LogP contribution < -0.4 is 27.4 Å². The lowest BCUT2D eigenvalue weighted by Crippen LogP contribution is -2.77. The van der Waals surface area contributed by atoms with E-state index in [0.717, 1.165) is 17.7 Å². The standard InChI is InChI=1S/C35H54N6O9/c1-19(2)26(31(47)48)40-33(50)35(20(3)4,41(7)30(46)24-15-11-12-16-24)32(49)34(37,17-23-13-9-8-10-14-23)27(43)21(5)38-28(44)22(6)39-29(45)25(36)18-42/h8-10,13-14,19-22,24-26,42H,11-12,15-18,36-37H2,1-7H3,(H,38,44)(H,39,45)(H,40,50)(H,47,48)/t21-,22-,25-,26-,34?,35+/m0/s1. The van der Waals surface area contributed by atoms with Gasteiger partial charge in [-0.1, -0.05) is 70.9 Å². The summed E-state index contributed by atoms with van der Waals surface area (Å²) < 4.78 is 0. The Kier molecular flexibility index (Phi) is 14.8. The van der Waals surface area contributed by atoms with E-state index < -0.39 is 107 Å². The highest BCUT2D eigenvalue weighted by Crippen LogP contribution is 2.36. The van der Waals surface area contributed by atoms with Crippen molar-refractivity contribution in [2.24, 2.45) is 29.2 Å². The van der Waals surface area contributed by atoms with Crippen LogP contribution in [0.5, 0.6) is 0 Å². The Morgan fingerprint density at radius 3 is 1.90 bits per heavy atom. The number of aliphatic hydroxyl groups is 1. The van der Waals surface area contributed by atoms with Gasteiger partial charge in [0.1, 0.15) is 23.7 Å². The Balaban J connectivity index is 2.75. The zero-order chi connectivity index (χ0) is 38.1. The van der Waals surface area contributed by atoms with Gasteiger partial charge in [-0.05, 0) is 44.1 Å². The molecule has 0 aliphatic heterocycles. The zero-order valence-corrected chi connectivity index (χ0v) is 30.0. The molecule has 1 fully saturated rings. The molecule has 2 rings (SSSR count). The molecule has 9 N–H and O–H groups in total. The average Bonchev–Trinajstić information content (AvgIpc) is 3.61. The Labute approximate surface area is 293 Å². The lowest BCUT2D eigenvalue weighted by atomic mass is 9.67. The zero-order valence-electron chi connectivity index (χ0n) is 30.0. The first-order valence-corrected chi connectivity index (χ1v) is 17.0. The Bertz CT molecular complexity index is 1410. The second kappa shape index (κ2) is 17.6. The number of rotatable bonds is 18. The van der Waals surface area contributed by atoms with Gasteiger partial charge in [0.05, 0.1) is 12.6 Å². The topological polar surface area (TPSA) is 251 Å². The minimum atomic E-state index is -2.55. The highest BCUT2D eigenvalue weighted by Gasteiger charge is 2.62. The Morgan fingerprint density at radius 2 is 1.42 bits per heavy atom. The van der Waals surface area contributed by atoms with Crippen molar-refractivity contribution in [3.05, 3.63) is 35.9 Å². The average molecular weight is 703 g/mol. The molecular weight excluding hydrogens is 648 g/mol. The molecule has 1 unspecified atom stereocenters. The summed E-state index contributed by atoms with van der Waals surface area (Å²) in [5, 5.41) is 26.4. The third-order valence-electron chi connectivity index (χ3n) is 9.52. The second-order valence-corrected chi connectivity index (χ2v) is 13.9. The smallest absolute Gasteiger partial charge is 0.326 e. The molecule has 0 saturated heterocycles. The number of hydrogen-bond acceptors (Lipinski definition) is 10. The molecule has 278 valence electrons. The monoisotopic (exact) mass is 702 g/mol. The molecule has 1 aromatic rings. The van der Waals surface area contributed by atoms with Crippen molar-refractivity contribution in [3.63, 3.8) is 0 Å². The predicted molar refractivity (Wildman–Crippen MR) is 184 cm³/mol. The Hall–Kier alpha value is -4.21. The molecule has 0 radical (unpaired) electrons. The number of nitrogens with zero attached hydrogens (tertiary/aromatic N) is 1. The van der Waals surface area contributed by atoms with Gasteiger partial charge in [0.15, 0.2) is 17.1 Å². The molecule has 0 bridgehead atoms. The van der Waals surface area contributed by atoms with Crippen molar-refractivity contribution in [1.29, 1.82) is 0 Å². The van der Waals surface area contributed by atoms with Crippen molar-refractivity contribution < 1.29 is 43.8 Å². The number of hydrogen-bond donors (Lipinski definition) is 7. The van der Waals surface area contributed by atoms with Crippen LogP contribution in [0.2, 0.25) is 0 Å². The summed E-state index contributed by atoms with van der Waals surface area (Å²) in [6.45, 7) is 8.12. The molecule has 0 heterocycles. The number of Topliss-reactive ketones (excluding diaryl/α,β-unsaturated/α-hetero) is 2. The number of amides is 4. The van der Waals surface area contributed by atoms with E-state index in [0.29, 0.717) is 18.4 Å². The minimum Gasteiger partial charge on any atom is -0.480 e. The summed E-state index contributed by atoms with van der Waals surface area (Å²) in [5.74, 6) is -8.92. The maximum absolute atomic E-state index is 15.3. The van der Waals surface area contributed by atoms with Crippen molar-refractivity contribution >= 4 is 41.2 Å². The number of carboxylic acid groups (broad SMARTS) is 1. The van der Waals surface area contributed by atoms with Crippen molar-refractivity contribution in [3.8, 4) is 0 Å². The van der Waals surface area contributed by atoms with Crippen molar-refractivity contribution in [2.45, 2.75) is 109 Å². The van der Waals surface area contributed by atoms with Crippen LogP contribution in [-0.2, 0) is 40.0 Å². The molecule has 4 amide bonds. The molecule has 6 atom stereocenters. The van der Waals surface area contributed by atoms with Crippen molar-refractivity contribution in [2.75, 3.05) is 13.7 Å². The first kappa shape index (κ1) is 42.0. The summed E-state index contributed by atoms with van der Waals surface area (Å²) in [5.41, 5.74) is 7.85. The number of nitrogens with two attached hydrogens (primary N) is 2. The van der Waals surface area contributed by atoms with Gasteiger partial charge in [-0.15, -0.1) is 0 Å². The largest absolute Gasteiger partial charge is 0.480 e. The highest BCUT2D eigenvalue weighted by atomic mass is 16.4. The van der Waals surface area contributed by atoms with Crippen molar-refractivity contribution in [1.82, 2.24) is 20.9 Å². The van der Waals surface area contributed by atoms with E-state index in [1.807, 2.05) is 0 Å². The van der Waals surface area contributed by atoms with Crippen LogP contribution in [0, 0.1) is 17.8 Å². The molecule has 15 heteroatoms. The van der Waals surface area contributed by atoms with Crippen LogP contribution >= 0.6 is 0 Å². The lowest BCUT2D eigenvalue weighted by molar-refractivity contribution is -0.164.